The van der Waals surface area contributed by atoms with Gasteiger partial charge in [0, 0.05) is 37.8 Å². The molecule has 1 fully saturated rings. The molecule has 1 heterocycles. The van der Waals surface area contributed by atoms with Gasteiger partial charge in [0.15, 0.2) is 0 Å². The average Bonchev–Trinajstić information content (AvgIpc) is 3.61. The first kappa shape index (κ1) is 23.0. The lowest BCUT2D eigenvalue weighted by Gasteiger charge is -2.25. The smallest absolute Gasteiger partial charge is 0.222 e. The number of nitrogens with zero attached hydrogens (tertiary/aromatic N) is 3. The predicted molar refractivity (Wildman–Crippen MR) is 124 cm³/mol. The van der Waals surface area contributed by atoms with Crippen LogP contribution in [0.4, 0.5) is 4.39 Å². The summed E-state index contributed by atoms with van der Waals surface area (Å²) in [7, 11) is 1.81. The van der Waals surface area contributed by atoms with E-state index in [0.29, 0.717) is 30.8 Å². The summed E-state index contributed by atoms with van der Waals surface area (Å²) in [5.41, 5.74) is 2.65. The van der Waals surface area contributed by atoms with Gasteiger partial charge < -0.3 is 14.6 Å². The standard InChI is InChI=1S/C26H28FN3O3/c1-3-14-32-18-22(31)16-30(21-12-13-21)17-24-25(19-8-5-4-6-9-19)28-29(2)26(24)33-23-11-7-10-20(27)15-23/h1,4-11,15,21-22,31H,12-14,16-18H2,2H3/t22-/m0/s1. The maximum Gasteiger partial charge on any atom is 0.222 e. The van der Waals surface area contributed by atoms with Crippen molar-refractivity contribution in [2.24, 2.45) is 7.05 Å². The second kappa shape index (κ2) is 10.6. The van der Waals surface area contributed by atoms with Crippen LogP contribution in [-0.2, 0) is 18.3 Å². The third kappa shape index (κ3) is 5.99. The van der Waals surface area contributed by atoms with Gasteiger partial charge in [0.1, 0.15) is 23.9 Å². The highest BCUT2D eigenvalue weighted by molar-refractivity contribution is 5.65. The van der Waals surface area contributed by atoms with E-state index >= 15 is 0 Å². The molecule has 0 saturated heterocycles. The van der Waals surface area contributed by atoms with E-state index < -0.39 is 6.10 Å². The number of terminal acetylenes is 1. The van der Waals surface area contributed by atoms with Gasteiger partial charge in [-0.3, -0.25) is 4.90 Å². The SMILES string of the molecule is C#CCOC[C@@H](O)CN(Cc1c(-c2ccccc2)nn(C)c1Oc1cccc(F)c1)C1CC1. The molecular formula is C26H28FN3O3. The van der Waals surface area contributed by atoms with Crippen molar-refractivity contribution in [3.05, 3.63) is 66.0 Å². The van der Waals surface area contributed by atoms with Crippen LogP contribution in [0.15, 0.2) is 54.6 Å². The second-order valence-electron chi connectivity index (χ2n) is 8.22. The summed E-state index contributed by atoms with van der Waals surface area (Å²) >= 11 is 0. The van der Waals surface area contributed by atoms with E-state index in [2.05, 4.69) is 10.8 Å². The van der Waals surface area contributed by atoms with Gasteiger partial charge in [-0.15, -0.1) is 6.42 Å². The Morgan fingerprint density at radius 3 is 2.73 bits per heavy atom. The van der Waals surface area contributed by atoms with Crippen molar-refractivity contribution in [3.63, 3.8) is 0 Å². The minimum absolute atomic E-state index is 0.173. The molecule has 0 radical (unpaired) electrons. The van der Waals surface area contributed by atoms with Crippen LogP contribution in [0.2, 0.25) is 0 Å². The normalized spacial score (nSPS) is 14.3. The van der Waals surface area contributed by atoms with Crippen molar-refractivity contribution in [3.8, 4) is 35.2 Å². The fraction of sp³-hybridized carbons (Fsp3) is 0.346. The molecule has 1 aliphatic rings. The number of rotatable bonds is 11. The van der Waals surface area contributed by atoms with Gasteiger partial charge in [0.05, 0.1) is 18.3 Å². The van der Waals surface area contributed by atoms with Gasteiger partial charge in [0.25, 0.3) is 0 Å². The quantitative estimate of drug-likeness (QED) is 0.354. The molecule has 0 bridgehead atoms. The number of aromatic nitrogens is 2. The van der Waals surface area contributed by atoms with Crippen LogP contribution in [0.1, 0.15) is 18.4 Å². The Kier molecular flexibility index (Phi) is 7.40. The van der Waals surface area contributed by atoms with Crippen molar-refractivity contribution in [1.29, 1.82) is 0 Å². The third-order valence-corrected chi connectivity index (χ3v) is 5.51. The molecule has 1 N–H and O–H groups in total. The number of benzene rings is 2. The van der Waals surface area contributed by atoms with Crippen LogP contribution in [0.3, 0.4) is 0 Å². The van der Waals surface area contributed by atoms with Gasteiger partial charge >= 0.3 is 0 Å². The first-order valence-corrected chi connectivity index (χ1v) is 11.0. The fourth-order valence-electron chi connectivity index (χ4n) is 3.86. The molecule has 1 saturated carbocycles. The fourth-order valence-corrected chi connectivity index (χ4v) is 3.86. The van der Waals surface area contributed by atoms with Crippen LogP contribution < -0.4 is 4.74 Å². The molecule has 3 aromatic rings. The minimum atomic E-state index is -0.664. The zero-order valence-corrected chi connectivity index (χ0v) is 18.7. The molecule has 1 aliphatic carbocycles. The Bertz CT molecular complexity index is 1110. The number of ether oxygens (including phenoxy) is 2. The molecular weight excluding hydrogens is 421 g/mol. The summed E-state index contributed by atoms with van der Waals surface area (Å²) in [5.74, 6) is 2.99. The lowest BCUT2D eigenvalue weighted by atomic mass is 10.1. The summed E-state index contributed by atoms with van der Waals surface area (Å²) in [6.07, 6.45) is 6.70. The van der Waals surface area contributed by atoms with Crippen LogP contribution in [0.5, 0.6) is 11.6 Å². The highest BCUT2D eigenvalue weighted by Crippen LogP contribution is 2.37. The number of aliphatic hydroxyl groups is 1. The molecule has 0 amide bonds. The molecule has 1 aromatic heterocycles. The van der Waals surface area contributed by atoms with E-state index in [-0.39, 0.29) is 19.0 Å². The second-order valence-corrected chi connectivity index (χ2v) is 8.22. The van der Waals surface area contributed by atoms with Crippen LogP contribution in [-0.4, -0.2) is 51.7 Å². The average molecular weight is 450 g/mol. The Morgan fingerprint density at radius 1 is 1.24 bits per heavy atom. The topological polar surface area (TPSA) is 59.8 Å². The summed E-state index contributed by atoms with van der Waals surface area (Å²) in [4.78, 5) is 2.23. The lowest BCUT2D eigenvalue weighted by molar-refractivity contribution is 0.0241. The molecule has 33 heavy (non-hydrogen) atoms. The highest BCUT2D eigenvalue weighted by atomic mass is 19.1. The molecule has 172 valence electrons. The van der Waals surface area contributed by atoms with Crippen molar-refractivity contribution in [2.75, 3.05) is 19.8 Å². The van der Waals surface area contributed by atoms with Crippen LogP contribution >= 0.6 is 0 Å². The highest BCUT2D eigenvalue weighted by Gasteiger charge is 2.33. The van der Waals surface area contributed by atoms with E-state index in [0.717, 1.165) is 29.7 Å². The maximum atomic E-state index is 13.8. The van der Waals surface area contributed by atoms with Gasteiger partial charge in [-0.2, -0.15) is 5.10 Å². The Balaban J connectivity index is 1.64. The monoisotopic (exact) mass is 449 g/mol. The number of aryl methyl sites for hydroxylation is 1. The van der Waals surface area contributed by atoms with E-state index in [9.17, 15) is 9.50 Å². The summed E-state index contributed by atoms with van der Waals surface area (Å²) in [5, 5.41) is 15.2. The van der Waals surface area contributed by atoms with E-state index in [1.165, 1.54) is 12.1 Å². The Labute approximate surface area is 193 Å². The van der Waals surface area contributed by atoms with E-state index in [1.54, 1.807) is 16.8 Å². The van der Waals surface area contributed by atoms with Crippen molar-refractivity contribution in [2.45, 2.75) is 31.5 Å². The molecule has 6 nitrogen and oxygen atoms in total. The number of hydrogen-bond acceptors (Lipinski definition) is 5. The molecule has 7 heteroatoms. The number of aliphatic hydroxyl groups excluding tert-OH is 1. The first-order chi connectivity index (χ1) is 16.0. The van der Waals surface area contributed by atoms with Crippen molar-refractivity contribution in [1.82, 2.24) is 14.7 Å². The van der Waals surface area contributed by atoms with Gasteiger partial charge in [0.2, 0.25) is 5.88 Å². The maximum absolute atomic E-state index is 13.8. The van der Waals surface area contributed by atoms with Crippen LogP contribution in [0.25, 0.3) is 11.3 Å². The van der Waals surface area contributed by atoms with Gasteiger partial charge in [-0.05, 0) is 25.0 Å². The minimum Gasteiger partial charge on any atom is -0.439 e. The molecule has 0 aliphatic heterocycles. The molecule has 4 rings (SSSR count). The van der Waals surface area contributed by atoms with E-state index in [1.807, 2.05) is 37.4 Å². The molecule has 1 atom stereocenters. The summed E-state index contributed by atoms with van der Waals surface area (Å²) < 4.78 is 26.9. The van der Waals surface area contributed by atoms with Gasteiger partial charge in [-0.25, -0.2) is 9.07 Å². The Hall–Kier alpha value is -3.18. The number of halogens is 1. The largest absolute Gasteiger partial charge is 0.439 e. The third-order valence-electron chi connectivity index (χ3n) is 5.51. The zero-order valence-electron chi connectivity index (χ0n) is 18.7. The van der Waals surface area contributed by atoms with Gasteiger partial charge in [-0.1, -0.05) is 42.3 Å². The van der Waals surface area contributed by atoms with Crippen molar-refractivity contribution < 1.29 is 19.0 Å². The lowest BCUT2D eigenvalue weighted by Crippen LogP contribution is -2.36. The molecule has 0 spiro atoms. The van der Waals surface area contributed by atoms with E-state index in [4.69, 9.17) is 21.0 Å². The Morgan fingerprint density at radius 2 is 2.03 bits per heavy atom. The summed E-state index contributed by atoms with van der Waals surface area (Å²) in [6.45, 7) is 1.32. The van der Waals surface area contributed by atoms with Crippen molar-refractivity contribution >= 4 is 0 Å². The van der Waals surface area contributed by atoms with Crippen LogP contribution in [0, 0.1) is 18.2 Å². The predicted octanol–water partition coefficient (Wildman–Crippen LogP) is 3.99. The molecule has 2 aromatic carbocycles. The molecule has 0 unspecified atom stereocenters. The zero-order chi connectivity index (χ0) is 23.2. The number of hydrogen-bond donors (Lipinski definition) is 1. The summed E-state index contributed by atoms with van der Waals surface area (Å²) in [6, 6.07) is 16.3. The first-order valence-electron chi connectivity index (χ1n) is 11.0.